The van der Waals surface area contributed by atoms with Gasteiger partial charge in [-0.15, -0.1) is 0 Å². The highest BCUT2D eigenvalue weighted by atomic mass is 16.5. The first kappa shape index (κ1) is 11.6. The first-order valence-electron chi connectivity index (χ1n) is 6.69. The molecular formula is C16H15NO3. The number of hydrogen-bond acceptors (Lipinski definition) is 4. The fraction of sp³-hybridized carbons (Fsp3) is 0.250. The maximum absolute atomic E-state index is 6.22. The quantitative estimate of drug-likeness (QED) is 0.712. The van der Waals surface area contributed by atoms with Crippen molar-refractivity contribution >= 4 is 11.0 Å². The predicted molar refractivity (Wildman–Crippen MR) is 74.6 cm³/mol. The van der Waals surface area contributed by atoms with E-state index in [0.29, 0.717) is 0 Å². The van der Waals surface area contributed by atoms with Crippen LogP contribution in [0, 0.1) is 0 Å². The van der Waals surface area contributed by atoms with Crippen molar-refractivity contribution in [2.75, 3.05) is 13.6 Å². The first-order valence-corrected chi connectivity index (χ1v) is 6.69. The van der Waals surface area contributed by atoms with Crippen LogP contribution in [0.1, 0.15) is 17.4 Å². The van der Waals surface area contributed by atoms with Crippen molar-refractivity contribution in [3.63, 3.8) is 0 Å². The van der Waals surface area contributed by atoms with Crippen LogP contribution in [0.3, 0.4) is 0 Å². The number of fused-ring (bicyclic) bond motifs is 2. The molecule has 1 aliphatic rings. The molecule has 1 unspecified atom stereocenters. The van der Waals surface area contributed by atoms with Crippen LogP contribution in [0.2, 0.25) is 0 Å². The van der Waals surface area contributed by atoms with Gasteiger partial charge < -0.3 is 13.6 Å². The van der Waals surface area contributed by atoms with E-state index in [4.69, 9.17) is 13.6 Å². The third kappa shape index (κ3) is 1.80. The van der Waals surface area contributed by atoms with Crippen LogP contribution in [0.25, 0.3) is 11.0 Å². The molecule has 4 nitrogen and oxygen atoms in total. The average Bonchev–Trinajstić information content (AvgIpc) is 3.06. The number of rotatable bonds is 2. The summed E-state index contributed by atoms with van der Waals surface area (Å²) < 4.78 is 17.2. The van der Waals surface area contributed by atoms with Gasteiger partial charge in [0.25, 0.3) is 0 Å². The second-order valence-electron chi connectivity index (χ2n) is 5.19. The molecule has 3 heterocycles. The second-order valence-corrected chi connectivity index (χ2v) is 5.19. The van der Waals surface area contributed by atoms with Crippen molar-refractivity contribution in [1.29, 1.82) is 0 Å². The van der Waals surface area contributed by atoms with Gasteiger partial charge in [-0.3, -0.25) is 4.90 Å². The fourth-order valence-corrected chi connectivity index (χ4v) is 2.78. The van der Waals surface area contributed by atoms with Crippen molar-refractivity contribution in [3.05, 3.63) is 54.2 Å². The molecule has 4 heteroatoms. The zero-order valence-electron chi connectivity index (χ0n) is 11.2. The molecular weight excluding hydrogens is 254 g/mol. The van der Waals surface area contributed by atoms with Gasteiger partial charge in [0.05, 0.1) is 24.5 Å². The summed E-state index contributed by atoms with van der Waals surface area (Å²) in [4.78, 5) is 2.20. The van der Waals surface area contributed by atoms with Crippen LogP contribution in [-0.4, -0.2) is 18.5 Å². The lowest BCUT2D eigenvalue weighted by atomic mass is 10.1. The highest BCUT2D eigenvalue weighted by Gasteiger charge is 2.27. The van der Waals surface area contributed by atoms with E-state index in [1.165, 1.54) is 0 Å². The van der Waals surface area contributed by atoms with Crippen LogP contribution in [0.5, 0.6) is 5.75 Å². The third-order valence-corrected chi connectivity index (χ3v) is 3.74. The molecule has 0 fully saturated rings. The smallest absolute Gasteiger partial charge is 0.140 e. The molecule has 0 saturated carbocycles. The largest absolute Gasteiger partial charge is 0.483 e. The molecule has 3 aromatic rings. The van der Waals surface area contributed by atoms with Gasteiger partial charge in [-0.2, -0.15) is 0 Å². The van der Waals surface area contributed by atoms with E-state index in [1.54, 1.807) is 12.5 Å². The summed E-state index contributed by atoms with van der Waals surface area (Å²) in [7, 11) is 2.07. The molecule has 102 valence electrons. The topological polar surface area (TPSA) is 38.8 Å². The highest BCUT2D eigenvalue weighted by molar-refractivity contribution is 5.83. The van der Waals surface area contributed by atoms with Gasteiger partial charge in [-0.1, -0.05) is 6.07 Å². The summed E-state index contributed by atoms with van der Waals surface area (Å²) >= 11 is 0. The Balaban J connectivity index is 1.71. The molecule has 1 aromatic carbocycles. The summed E-state index contributed by atoms with van der Waals surface area (Å²) in [6.45, 7) is 1.68. The second kappa shape index (κ2) is 4.42. The molecule has 0 N–H and O–H groups in total. The lowest BCUT2D eigenvalue weighted by Gasteiger charge is -2.29. The van der Waals surface area contributed by atoms with Crippen molar-refractivity contribution in [1.82, 2.24) is 4.90 Å². The van der Waals surface area contributed by atoms with Gasteiger partial charge in [0.1, 0.15) is 23.2 Å². The minimum atomic E-state index is -0.0111. The first-order chi connectivity index (χ1) is 9.81. The minimum absolute atomic E-state index is 0.0111. The summed E-state index contributed by atoms with van der Waals surface area (Å²) in [6, 6.07) is 9.81. The van der Waals surface area contributed by atoms with Crippen molar-refractivity contribution in [2.24, 2.45) is 0 Å². The molecule has 0 spiro atoms. The van der Waals surface area contributed by atoms with Crippen LogP contribution >= 0.6 is 0 Å². The monoisotopic (exact) mass is 269 g/mol. The Labute approximate surface area is 116 Å². The Kier molecular flexibility index (Phi) is 2.57. The van der Waals surface area contributed by atoms with Gasteiger partial charge in [0, 0.05) is 12.1 Å². The number of hydrogen-bond donors (Lipinski definition) is 0. The summed E-state index contributed by atoms with van der Waals surface area (Å²) in [5.41, 5.74) is 1.99. The van der Waals surface area contributed by atoms with Gasteiger partial charge in [0.2, 0.25) is 0 Å². The van der Waals surface area contributed by atoms with E-state index in [2.05, 4.69) is 11.9 Å². The number of benzene rings is 1. The standard InChI is InChI=1S/C16H15NO3/c1-17-9-15-12(6-8-19-15)16(10-17)20-14-4-2-3-13-11(14)5-7-18-13/h2-8,16H,9-10H2,1H3. The van der Waals surface area contributed by atoms with Gasteiger partial charge in [0.15, 0.2) is 0 Å². The van der Waals surface area contributed by atoms with Crippen molar-refractivity contribution < 1.29 is 13.6 Å². The van der Waals surface area contributed by atoms with E-state index < -0.39 is 0 Å². The summed E-state index contributed by atoms with van der Waals surface area (Å²) in [5.74, 6) is 1.84. The Morgan fingerprint density at radius 1 is 1.15 bits per heavy atom. The van der Waals surface area contributed by atoms with E-state index in [-0.39, 0.29) is 6.10 Å². The van der Waals surface area contributed by atoms with E-state index in [0.717, 1.165) is 41.1 Å². The van der Waals surface area contributed by atoms with Crippen molar-refractivity contribution in [2.45, 2.75) is 12.6 Å². The van der Waals surface area contributed by atoms with Gasteiger partial charge in [-0.05, 0) is 31.3 Å². The zero-order chi connectivity index (χ0) is 13.5. The normalized spacial score (nSPS) is 19.1. The maximum atomic E-state index is 6.22. The lowest BCUT2D eigenvalue weighted by Crippen LogP contribution is -2.32. The Bertz CT molecular complexity index is 743. The molecule has 0 bridgehead atoms. The summed E-state index contributed by atoms with van der Waals surface area (Å²) in [6.07, 6.45) is 3.41. The van der Waals surface area contributed by atoms with Gasteiger partial charge >= 0.3 is 0 Å². The Morgan fingerprint density at radius 3 is 3.00 bits per heavy atom. The van der Waals surface area contributed by atoms with E-state index in [9.17, 15) is 0 Å². The molecule has 2 aromatic heterocycles. The fourth-order valence-electron chi connectivity index (χ4n) is 2.78. The summed E-state index contributed by atoms with van der Waals surface area (Å²) in [5, 5.41) is 1.01. The SMILES string of the molecule is CN1Cc2occc2C(Oc2cccc3occc23)C1. The van der Waals surface area contributed by atoms with Crippen LogP contribution < -0.4 is 4.74 Å². The van der Waals surface area contributed by atoms with Crippen LogP contribution in [0.4, 0.5) is 0 Å². The lowest BCUT2D eigenvalue weighted by molar-refractivity contribution is 0.121. The van der Waals surface area contributed by atoms with Crippen LogP contribution in [-0.2, 0) is 6.54 Å². The van der Waals surface area contributed by atoms with E-state index in [1.807, 2.05) is 30.3 Å². The number of ether oxygens (including phenoxy) is 1. The minimum Gasteiger partial charge on any atom is -0.483 e. The number of furan rings is 2. The predicted octanol–water partition coefficient (Wildman–Crippen LogP) is 3.59. The molecule has 1 atom stereocenters. The third-order valence-electron chi connectivity index (χ3n) is 3.74. The Morgan fingerprint density at radius 2 is 2.05 bits per heavy atom. The van der Waals surface area contributed by atoms with E-state index >= 15 is 0 Å². The molecule has 0 radical (unpaired) electrons. The molecule has 1 aliphatic heterocycles. The van der Waals surface area contributed by atoms with Crippen LogP contribution in [0.15, 0.2) is 51.7 Å². The molecule has 0 aliphatic carbocycles. The molecule has 0 amide bonds. The number of nitrogens with zero attached hydrogens (tertiary/aromatic N) is 1. The van der Waals surface area contributed by atoms with Gasteiger partial charge in [-0.25, -0.2) is 0 Å². The maximum Gasteiger partial charge on any atom is 0.140 e. The molecule has 4 rings (SSSR count). The number of likely N-dealkylation sites (N-methyl/N-ethyl adjacent to an activating group) is 1. The average molecular weight is 269 g/mol. The molecule has 0 saturated heterocycles. The zero-order valence-corrected chi connectivity index (χ0v) is 11.2. The van der Waals surface area contributed by atoms with Crippen molar-refractivity contribution in [3.8, 4) is 5.75 Å². The highest BCUT2D eigenvalue weighted by Crippen LogP contribution is 2.34. The molecule has 20 heavy (non-hydrogen) atoms. The Hall–Kier alpha value is -2.20.